The van der Waals surface area contributed by atoms with Crippen LogP contribution in [0.5, 0.6) is 0 Å². The van der Waals surface area contributed by atoms with E-state index < -0.39 is 0 Å². The molecule has 3 rings (SSSR count). The number of benzene rings is 1. The van der Waals surface area contributed by atoms with E-state index in [0.29, 0.717) is 5.54 Å². The van der Waals surface area contributed by atoms with Gasteiger partial charge in [-0.05, 0) is 31.7 Å². The van der Waals surface area contributed by atoms with E-state index in [1.807, 2.05) is 0 Å². The van der Waals surface area contributed by atoms with Crippen molar-refractivity contribution in [1.82, 2.24) is 4.90 Å². The van der Waals surface area contributed by atoms with Crippen molar-refractivity contribution in [3.8, 4) is 0 Å². The smallest absolute Gasteiger partial charge is 0.0460 e. The predicted molar refractivity (Wildman–Crippen MR) is 72.1 cm³/mol. The van der Waals surface area contributed by atoms with Crippen molar-refractivity contribution in [1.29, 1.82) is 0 Å². The predicted octanol–water partition coefficient (Wildman–Crippen LogP) is 3.86. The molecule has 1 aliphatic heterocycles. The van der Waals surface area contributed by atoms with Gasteiger partial charge in [0.15, 0.2) is 0 Å². The molecule has 0 N–H and O–H groups in total. The summed E-state index contributed by atoms with van der Waals surface area (Å²) in [4.78, 5) is 2.73. The Bertz CT molecular complexity index is 369. The normalized spacial score (nSPS) is 24.3. The largest absolute Gasteiger partial charge is 0.294 e. The highest BCUT2D eigenvalue weighted by Crippen LogP contribution is 2.44. The van der Waals surface area contributed by atoms with Gasteiger partial charge in [0.25, 0.3) is 0 Å². The lowest BCUT2D eigenvalue weighted by molar-refractivity contribution is -0.00279. The molecule has 2 fully saturated rings. The van der Waals surface area contributed by atoms with Crippen molar-refractivity contribution in [3.05, 3.63) is 35.4 Å². The molecule has 0 bridgehead atoms. The molecule has 1 heteroatoms. The first-order valence-corrected chi connectivity index (χ1v) is 7.13. The zero-order chi connectivity index (χ0) is 11.7. The van der Waals surface area contributed by atoms with Crippen LogP contribution in [0.15, 0.2) is 24.3 Å². The molecule has 0 radical (unpaired) electrons. The molecule has 0 spiro atoms. The topological polar surface area (TPSA) is 3.24 Å². The Kier molecular flexibility index (Phi) is 2.96. The molecule has 17 heavy (non-hydrogen) atoms. The number of nitrogens with zero attached hydrogens (tertiary/aromatic N) is 1. The fraction of sp³-hybridized carbons (Fsp3) is 0.625. The summed E-state index contributed by atoms with van der Waals surface area (Å²) in [6.07, 6.45) is 8.38. The fourth-order valence-electron chi connectivity index (χ4n) is 3.53. The summed E-state index contributed by atoms with van der Waals surface area (Å²) in [6, 6.07) is 9.31. The summed E-state index contributed by atoms with van der Waals surface area (Å²) < 4.78 is 0. The van der Waals surface area contributed by atoms with Gasteiger partial charge < -0.3 is 0 Å². The first kappa shape index (κ1) is 11.3. The van der Waals surface area contributed by atoms with Crippen LogP contribution in [0.3, 0.4) is 0 Å². The Morgan fingerprint density at radius 3 is 2.06 bits per heavy atom. The van der Waals surface area contributed by atoms with E-state index in [2.05, 4.69) is 36.1 Å². The highest BCUT2D eigenvalue weighted by atomic mass is 15.2. The number of hydrogen-bond donors (Lipinski definition) is 0. The molecule has 1 nitrogen and oxygen atoms in total. The van der Waals surface area contributed by atoms with E-state index in [1.54, 1.807) is 5.56 Å². The Morgan fingerprint density at radius 1 is 0.882 bits per heavy atom. The van der Waals surface area contributed by atoms with E-state index in [4.69, 9.17) is 0 Å². The van der Waals surface area contributed by atoms with E-state index in [-0.39, 0.29) is 0 Å². The Morgan fingerprint density at radius 2 is 1.53 bits per heavy atom. The average molecular weight is 229 g/mol. The van der Waals surface area contributed by atoms with Crippen LogP contribution in [-0.4, -0.2) is 18.0 Å². The maximum atomic E-state index is 2.73. The van der Waals surface area contributed by atoms with Gasteiger partial charge in [0.05, 0.1) is 0 Å². The maximum Gasteiger partial charge on any atom is 0.0460 e. The molecule has 1 saturated carbocycles. The molecule has 92 valence electrons. The molecule has 1 saturated heterocycles. The minimum absolute atomic E-state index is 0.393. The van der Waals surface area contributed by atoms with Gasteiger partial charge in [-0.3, -0.25) is 4.90 Å². The highest BCUT2D eigenvalue weighted by Gasteiger charge is 2.41. The second-order valence-corrected chi connectivity index (χ2v) is 5.80. The monoisotopic (exact) mass is 229 g/mol. The first-order chi connectivity index (χ1) is 8.31. The second kappa shape index (κ2) is 4.45. The van der Waals surface area contributed by atoms with Gasteiger partial charge in [0, 0.05) is 18.6 Å². The Balaban J connectivity index is 1.94. The van der Waals surface area contributed by atoms with Gasteiger partial charge in [0.2, 0.25) is 0 Å². The third-order valence-corrected chi connectivity index (χ3v) is 4.73. The summed E-state index contributed by atoms with van der Waals surface area (Å²) in [7, 11) is 0. The van der Waals surface area contributed by atoms with Crippen LogP contribution in [0.25, 0.3) is 0 Å². The van der Waals surface area contributed by atoms with Crippen molar-refractivity contribution in [2.75, 3.05) is 13.1 Å². The third kappa shape index (κ3) is 1.91. The molecule has 0 unspecified atom stereocenters. The lowest BCUT2D eigenvalue weighted by Gasteiger charge is -2.51. The summed E-state index contributed by atoms with van der Waals surface area (Å²) in [5.74, 6) is 0. The second-order valence-electron chi connectivity index (χ2n) is 5.80. The molecule has 1 heterocycles. The standard InChI is InChI=1S/C16H23N/c1-14-6-8-15(9-7-14)16(17-12-5-13-17)10-3-2-4-11-16/h6-9H,2-5,10-13H2,1H3. The molecule has 2 aliphatic rings. The molecular weight excluding hydrogens is 206 g/mol. The number of hydrogen-bond acceptors (Lipinski definition) is 1. The van der Waals surface area contributed by atoms with Crippen molar-refractivity contribution < 1.29 is 0 Å². The Hall–Kier alpha value is -0.820. The summed E-state index contributed by atoms with van der Waals surface area (Å²) >= 11 is 0. The molecular formula is C16H23N. The zero-order valence-corrected chi connectivity index (χ0v) is 10.9. The first-order valence-electron chi connectivity index (χ1n) is 7.13. The quantitative estimate of drug-likeness (QED) is 0.744. The molecule has 0 aromatic heterocycles. The van der Waals surface area contributed by atoms with Crippen molar-refractivity contribution in [3.63, 3.8) is 0 Å². The van der Waals surface area contributed by atoms with E-state index in [1.165, 1.54) is 57.2 Å². The molecule has 0 amide bonds. The third-order valence-electron chi connectivity index (χ3n) is 4.73. The van der Waals surface area contributed by atoms with E-state index in [0.717, 1.165) is 0 Å². The minimum Gasteiger partial charge on any atom is -0.294 e. The van der Waals surface area contributed by atoms with Gasteiger partial charge in [-0.15, -0.1) is 0 Å². The maximum absolute atomic E-state index is 2.73. The van der Waals surface area contributed by atoms with Crippen LogP contribution in [-0.2, 0) is 5.54 Å². The summed E-state index contributed by atoms with van der Waals surface area (Å²) in [6.45, 7) is 4.81. The van der Waals surface area contributed by atoms with Gasteiger partial charge in [-0.25, -0.2) is 0 Å². The van der Waals surface area contributed by atoms with E-state index in [9.17, 15) is 0 Å². The number of likely N-dealkylation sites (tertiary alicyclic amines) is 1. The zero-order valence-electron chi connectivity index (χ0n) is 10.9. The van der Waals surface area contributed by atoms with Gasteiger partial charge in [-0.2, -0.15) is 0 Å². The van der Waals surface area contributed by atoms with Gasteiger partial charge in [-0.1, -0.05) is 49.1 Å². The van der Waals surface area contributed by atoms with Crippen molar-refractivity contribution >= 4 is 0 Å². The van der Waals surface area contributed by atoms with Gasteiger partial charge >= 0.3 is 0 Å². The minimum atomic E-state index is 0.393. The number of aryl methyl sites for hydroxylation is 1. The van der Waals surface area contributed by atoms with E-state index >= 15 is 0 Å². The van der Waals surface area contributed by atoms with Crippen LogP contribution in [0.1, 0.15) is 49.7 Å². The fourth-order valence-corrected chi connectivity index (χ4v) is 3.53. The van der Waals surface area contributed by atoms with Gasteiger partial charge in [0.1, 0.15) is 0 Å². The summed E-state index contributed by atoms with van der Waals surface area (Å²) in [5.41, 5.74) is 3.34. The molecule has 1 aromatic rings. The number of rotatable bonds is 2. The molecule has 1 aromatic carbocycles. The van der Waals surface area contributed by atoms with Crippen LogP contribution >= 0.6 is 0 Å². The molecule has 1 aliphatic carbocycles. The summed E-state index contributed by atoms with van der Waals surface area (Å²) in [5, 5.41) is 0. The van der Waals surface area contributed by atoms with Crippen LogP contribution in [0.2, 0.25) is 0 Å². The molecule has 0 atom stereocenters. The lowest BCUT2D eigenvalue weighted by atomic mass is 9.74. The average Bonchev–Trinajstić information content (AvgIpc) is 2.28. The Labute approximate surface area is 105 Å². The SMILES string of the molecule is Cc1ccc(C2(N3CCC3)CCCCC2)cc1. The van der Waals surface area contributed by atoms with Crippen LogP contribution in [0, 0.1) is 6.92 Å². The van der Waals surface area contributed by atoms with Crippen LogP contribution < -0.4 is 0 Å². The highest BCUT2D eigenvalue weighted by molar-refractivity contribution is 5.29. The van der Waals surface area contributed by atoms with Crippen molar-refractivity contribution in [2.24, 2.45) is 0 Å². The lowest BCUT2D eigenvalue weighted by Crippen LogP contribution is -2.54. The van der Waals surface area contributed by atoms with Crippen molar-refractivity contribution in [2.45, 2.75) is 51.0 Å². The van der Waals surface area contributed by atoms with Crippen LogP contribution in [0.4, 0.5) is 0 Å².